The number of hydrogen-bond acceptors (Lipinski definition) is 2. The van der Waals surface area contributed by atoms with Crippen molar-refractivity contribution in [2.24, 2.45) is 0 Å². The average molecular weight is 590 g/mol. The molecule has 0 aliphatic carbocycles. The monoisotopic (exact) mass is 589 g/mol. The Morgan fingerprint density at radius 2 is 0.696 bits per heavy atom. The molecule has 0 radical (unpaired) electrons. The summed E-state index contributed by atoms with van der Waals surface area (Å²) in [6.07, 6.45) is 0. The van der Waals surface area contributed by atoms with Crippen LogP contribution in [0.25, 0.3) is 83.0 Å². The number of para-hydroxylation sites is 5. The van der Waals surface area contributed by atoms with Crippen molar-refractivity contribution < 1.29 is 0 Å². The van der Waals surface area contributed by atoms with Gasteiger partial charge in [-0.2, -0.15) is 9.97 Å². The van der Waals surface area contributed by atoms with Gasteiger partial charge >= 0.3 is 0 Å². The molecule has 0 aliphatic heterocycles. The molecule has 5 nitrogen and oxygen atoms in total. The number of benzene rings is 6. The first-order valence-electron chi connectivity index (χ1n) is 15.6. The van der Waals surface area contributed by atoms with Gasteiger partial charge in [0.25, 0.3) is 0 Å². The van der Waals surface area contributed by atoms with Crippen LogP contribution in [-0.4, -0.2) is 23.7 Å². The minimum Gasteiger partial charge on any atom is -0.294 e. The minimum atomic E-state index is 0.629. The summed E-state index contributed by atoms with van der Waals surface area (Å²) in [4.78, 5) is 10.8. The Labute approximate surface area is 264 Å². The maximum Gasteiger partial charge on any atom is 0.238 e. The summed E-state index contributed by atoms with van der Waals surface area (Å²) in [6.45, 7) is 2.15. The molecule has 0 spiro atoms. The van der Waals surface area contributed by atoms with Crippen LogP contribution in [0.5, 0.6) is 0 Å². The molecule has 0 saturated heterocycles. The maximum atomic E-state index is 5.41. The lowest BCUT2D eigenvalue weighted by atomic mass is 10.1. The van der Waals surface area contributed by atoms with E-state index in [0.29, 0.717) is 5.95 Å². The molecule has 46 heavy (non-hydrogen) atoms. The smallest absolute Gasteiger partial charge is 0.238 e. The first kappa shape index (κ1) is 25.2. The predicted octanol–water partition coefficient (Wildman–Crippen LogP) is 10.1. The highest BCUT2D eigenvalue weighted by Crippen LogP contribution is 2.36. The molecule has 5 heteroatoms. The van der Waals surface area contributed by atoms with Crippen LogP contribution in [0.4, 0.5) is 0 Å². The SMILES string of the molecule is Cc1ccc2c(c1)c1ccccc1n2-c1cc(-n2c3ccccc3c3ccccc32)nc(-n2c3ccccc3c3ccccc32)n1. The quantitative estimate of drug-likeness (QED) is 0.206. The molecule has 0 bridgehead atoms. The van der Waals surface area contributed by atoms with Gasteiger partial charge in [0.1, 0.15) is 11.6 Å². The van der Waals surface area contributed by atoms with E-state index in [1.165, 1.54) is 37.9 Å². The van der Waals surface area contributed by atoms with Crippen LogP contribution in [0.3, 0.4) is 0 Å². The third kappa shape index (κ3) is 3.45. The molecule has 0 atom stereocenters. The highest BCUT2D eigenvalue weighted by Gasteiger charge is 2.21. The standard InChI is InChI=1S/C41H27N5/c1-26-22-23-38-32(24-26)31-16-6-9-19-35(31)45(38)40-25-39(44-33-17-7-2-12-27(33)28-13-3-8-18-34(28)44)42-41(43-40)46-36-20-10-4-14-29(36)30-15-5-11-21-37(30)46/h2-25H,1H3. The molecule has 10 aromatic rings. The van der Waals surface area contributed by atoms with Crippen molar-refractivity contribution in [2.45, 2.75) is 6.92 Å². The maximum absolute atomic E-state index is 5.41. The molecule has 0 aliphatic rings. The van der Waals surface area contributed by atoms with E-state index in [1.807, 2.05) is 0 Å². The van der Waals surface area contributed by atoms with Crippen LogP contribution >= 0.6 is 0 Å². The van der Waals surface area contributed by atoms with Gasteiger partial charge in [-0.05, 0) is 49.4 Å². The van der Waals surface area contributed by atoms with Crippen molar-refractivity contribution in [1.29, 1.82) is 0 Å². The fourth-order valence-corrected chi connectivity index (χ4v) is 7.38. The summed E-state index contributed by atoms with van der Waals surface area (Å²) in [5.41, 5.74) is 7.84. The zero-order chi connectivity index (χ0) is 30.4. The Morgan fingerprint density at radius 3 is 1.13 bits per heavy atom. The lowest BCUT2D eigenvalue weighted by Gasteiger charge is -2.15. The second kappa shape index (κ2) is 9.40. The Bertz CT molecular complexity index is 2590. The Morgan fingerprint density at radius 1 is 0.348 bits per heavy atom. The van der Waals surface area contributed by atoms with Gasteiger partial charge in [0.15, 0.2) is 0 Å². The van der Waals surface area contributed by atoms with Crippen LogP contribution < -0.4 is 0 Å². The second-order valence-electron chi connectivity index (χ2n) is 12.0. The van der Waals surface area contributed by atoms with Crippen molar-refractivity contribution in [3.63, 3.8) is 0 Å². The lowest BCUT2D eigenvalue weighted by molar-refractivity contribution is 0.918. The van der Waals surface area contributed by atoms with Gasteiger partial charge in [-0.15, -0.1) is 0 Å². The van der Waals surface area contributed by atoms with Gasteiger partial charge in [-0.3, -0.25) is 13.7 Å². The largest absolute Gasteiger partial charge is 0.294 e. The summed E-state index contributed by atoms with van der Waals surface area (Å²) in [7, 11) is 0. The van der Waals surface area contributed by atoms with Crippen LogP contribution in [0.2, 0.25) is 0 Å². The van der Waals surface area contributed by atoms with Gasteiger partial charge < -0.3 is 0 Å². The van der Waals surface area contributed by atoms with Crippen LogP contribution in [0, 0.1) is 6.92 Å². The Balaban J connectivity index is 1.38. The van der Waals surface area contributed by atoms with Gasteiger partial charge in [-0.1, -0.05) is 103 Å². The van der Waals surface area contributed by atoms with E-state index >= 15 is 0 Å². The van der Waals surface area contributed by atoms with Crippen molar-refractivity contribution in [2.75, 3.05) is 0 Å². The summed E-state index contributed by atoms with van der Waals surface area (Å²) < 4.78 is 6.79. The molecule has 4 aromatic heterocycles. The summed E-state index contributed by atoms with van der Waals surface area (Å²) in [5, 5.41) is 7.17. The molecule has 10 rings (SSSR count). The average Bonchev–Trinajstić information content (AvgIpc) is 3.74. The van der Waals surface area contributed by atoms with E-state index in [4.69, 9.17) is 9.97 Å². The van der Waals surface area contributed by atoms with Crippen molar-refractivity contribution in [3.05, 3.63) is 151 Å². The van der Waals surface area contributed by atoms with Crippen molar-refractivity contribution in [1.82, 2.24) is 23.7 Å². The topological polar surface area (TPSA) is 40.6 Å². The number of aromatic nitrogens is 5. The number of fused-ring (bicyclic) bond motifs is 9. The molecule has 0 fully saturated rings. The van der Waals surface area contributed by atoms with E-state index in [9.17, 15) is 0 Å². The van der Waals surface area contributed by atoms with Gasteiger partial charge in [-0.25, -0.2) is 0 Å². The number of nitrogens with zero attached hydrogens (tertiary/aromatic N) is 5. The molecule has 0 saturated carbocycles. The highest BCUT2D eigenvalue weighted by atomic mass is 15.2. The molecule has 0 unspecified atom stereocenters. The zero-order valence-electron chi connectivity index (χ0n) is 25.1. The molecule has 4 heterocycles. The highest BCUT2D eigenvalue weighted by molar-refractivity contribution is 6.11. The second-order valence-corrected chi connectivity index (χ2v) is 12.0. The van der Waals surface area contributed by atoms with Gasteiger partial charge in [0.2, 0.25) is 5.95 Å². The van der Waals surface area contributed by atoms with Crippen LogP contribution in [0.1, 0.15) is 5.56 Å². The fourth-order valence-electron chi connectivity index (χ4n) is 7.38. The van der Waals surface area contributed by atoms with Crippen molar-refractivity contribution in [3.8, 4) is 17.6 Å². The van der Waals surface area contributed by atoms with E-state index in [-0.39, 0.29) is 0 Å². The van der Waals surface area contributed by atoms with Gasteiger partial charge in [0, 0.05) is 38.4 Å². The van der Waals surface area contributed by atoms with E-state index < -0.39 is 0 Å². The molecule has 0 N–H and O–H groups in total. The van der Waals surface area contributed by atoms with Crippen LogP contribution in [-0.2, 0) is 0 Å². The summed E-state index contributed by atoms with van der Waals surface area (Å²) >= 11 is 0. The normalized spacial score (nSPS) is 12.0. The summed E-state index contributed by atoms with van der Waals surface area (Å²) in [6, 6.07) is 51.6. The van der Waals surface area contributed by atoms with E-state index in [0.717, 1.165) is 44.7 Å². The number of rotatable bonds is 3. The minimum absolute atomic E-state index is 0.629. The Hall–Kier alpha value is -6.20. The number of aryl methyl sites for hydroxylation is 1. The molecule has 216 valence electrons. The first-order chi connectivity index (χ1) is 22.7. The number of hydrogen-bond donors (Lipinski definition) is 0. The summed E-state index contributed by atoms with van der Waals surface area (Å²) in [5.74, 6) is 2.26. The van der Waals surface area contributed by atoms with Gasteiger partial charge in [0.05, 0.1) is 33.1 Å². The third-order valence-corrected chi connectivity index (χ3v) is 9.33. The van der Waals surface area contributed by atoms with Crippen LogP contribution in [0.15, 0.2) is 146 Å². The molecular formula is C41H27N5. The zero-order valence-corrected chi connectivity index (χ0v) is 25.1. The van der Waals surface area contributed by atoms with E-state index in [1.54, 1.807) is 0 Å². The van der Waals surface area contributed by atoms with Crippen molar-refractivity contribution >= 4 is 65.4 Å². The molecule has 6 aromatic carbocycles. The lowest BCUT2D eigenvalue weighted by Crippen LogP contribution is -2.10. The molecule has 0 amide bonds. The predicted molar refractivity (Wildman–Crippen MR) is 190 cm³/mol. The fraction of sp³-hybridized carbons (Fsp3) is 0.0244. The molecular weight excluding hydrogens is 562 g/mol. The van der Waals surface area contributed by atoms with E-state index in [2.05, 4.69) is 166 Å². The third-order valence-electron chi connectivity index (χ3n) is 9.33. The Kier molecular flexibility index (Phi) is 5.14. The first-order valence-corrected chi connectivity index (χ1v) is 15.6.